The summed E-state index contributed by atoms with van der Waals surface area (Å²) in [6.07, 6.45) is 2.15. The summed E-state index contributed by atoms with van der Waals surface area (Å²) in [5.41, 5.74) is -0.703. The van der Waals surface area contributed by atoms with E-state index in [0.717, 1.165) is 12.3 Å². The number of halogens is 1. The molecule has 2 aromatic carbocycles. The first-order valence-corrected chi connectivity index (χ1v) is 9.72. The molecular weight excluding hydrogens is 440 g/mol. The van der Waals surface area contributed by atoms with E-state index in [-0.39, 0.29) is 23.4 Å². The van der Waals surface area contributed by atoms with E-state index < -0.39 is 57.9 Å². The summed E-state index contributed by atoms with van der Waals surface area (Å²) in [4.78, 5) is 36.4. The van der Waals surface area contributed by atoms with Gasteiger partial charge < -0.3 is 20.4 Å². The molecule has 0 aromatic heterocycles. The highest BCUT2D eigenvalue weighted by Crippen LogP contribution is 2.56. The molecule has 0 aliphatic carbocycles. The van der Waals surface area contributed by atoms with E-state index in [1.54, 1.807) is 6.07 Å². The van der Waals surface area contributed by atoms with Crippen molar-refractivity contribution in [2.75, 3.05) is 4.90 Å². The van der Waals surface area contributed by atoms with E-state index in [4.69, 9.17) is 11.6 Å². The van der Waals surface area contributed by atoms with Crippen LogP contribution in [0.3, 0.4) is 0 Å². The number of hydrogen-bond acceptors (Lipinski definition) is 7. The van der Waals surface area contributed by atoms with Crippen LogP contribution in [-0.2, 0) is 14.4 Å². The predicted molar refractivity (Wildman–Crippen MR) is 117 cm³/mol. The van der Waals surface area contributed by atoms with Crippen LogP contribution in [-0.4, -0.2) is 38.1 Å². The summed E-state index contributed by atoms with van der Waals surface area (Å²) >= 11 is 6.49. The molecule has 32 heavy (non-hydrogen) atoms. The molecule has 9 nitrogen and oxygen atoms in total. The molecule has 0 bridgehead atoms. The Kier molecular flexibility index (Phi) is 6.13. The van der Waals surface area contributed by atoms with Crippen molar-refractivity contribution in [1.29, 1.82) is 0 Å². The van der Waals surface area contributed by atoms with Gasteiger partial charge in [-0.2, -0.15) is 0 Å². The molecule has 166 valence electrons. The largest absolute Gasteiger partial charge is 0.504 e. The number of carbonyl (C=O) groups excluding carboxylic acids is 3. The molecule has 1 aliphatic rings. The van der Waals surface area contributed by atoms with Crippen LogP contribution >= 0.6 is 11.6 Å². The fourth-order valence-corrected chi connectivity index (χ4v) is 3.91. The highest BCUT2D eigenvalue weighted by atomic mass is 35.5. The number of carbonyl (C=O) groups is 3. The Hall–Kier alpha value is -3.98. The number of anilines is 1. The maximum absolute atomic E-state index is 12.3. The fraction of sp³-hybridized carbons (Fsp3) is 0.136. The summed E-state index contributed by atoms with van der Waals surface area (Å²) in [5, 5.41) is 44.5. The molecule has 1 fully saturated rings. The molecular formula is C22H19ClN2O7. The van der Waals surface area contributed by atoms with Crippen molar-refractivity contribution in [3.63, 3.8) is 0 Å². The molecule has 0 radical (unpaired) electrons. The minimum absolute atomic E-state index is 0.00113. The third kappa shape index (κ3) is 3.63. The number of aromatic hydroxyl groups is 4. The third-order valence-corrected chi connectivity index (χ3v) is 5.54. The fourth-order valence-electron chi connectivity index (χ4n) is 3.56. The molecule has 3 rings (SSSR count). The van der Waals surface area contributed by atoms with Gasteiger partial charge in [-0.1, -0.05) is 43.0 Å². The van der Waals surface area contributed by atoms with Crippen LogP contribution in [0, 0.1) is 0 Å². The molecule has 2 aromatic rings. The first kappa shape index (κ1) is 22.7. The summed E-state index contributed by atoms with van der Waals surface area (Å²) in [6.45, 7) is 6.71. The Bertz CT molecular complexity index is 1150. The maximum Gasteiger partial charge on any atom is 0.254 e. The van der Waals surface area contributed by atoms with Crippen LogP contribution in [0.25, 0.3) is 11.1 Å². The van der Waals surface area contributed by atoms with Gasteiger partial charge in [0.1, 0.15) is 5.69 Å². The van der Waals surface area contributed by atoms with Crippen LogP contribution < -0.4 is 10.2 Å². The minimum atomic E-state index is -0.923. The molecule has 5 N–H and O–H groups in total. The zero-order valence-electron chi connectivity index (χ0n) is 16.6. The Balaban J connectivity index is 2.21. The maximum atomic E-state index is 12.3. The van der Waals surface area contributed by atoms with Crippen molar-refractivity contribution in [2.45, 2.75) is 18.8 Å². The monoisotopic (exact) mass is 458 g/mol. The first-order chi connectivity index (χ1) is 15.1. The summed E-state index contributed by atoms with van der Waals surface area (Å²) in [6, 6.07) is 4.44. The van der Waals surface area contributed by atoms with Gasteiger partial charge in [0.05, 0.1) is 16.5 Å². The molecule has 1 saturated heterocycles. The van der Waals surface area contributed by atoms with E-state index >= 15 is 0 Å². The molecule has 0 spiro atoms. The highest BCUT2D eigenvalue weighted by Gasteiger charge is 2.33. The molecule has 1 unspecified atom stereocenters. The second kappa shape index (κ2) is 8.64. The number of imide groups is 1. The van der Waals surface area contributed by atoms with E-state index in [1.165, 1.54) is 12.1 Å². The van der Waals surface area contributed by atoms with Crippen molar-refractivity contribution in [3.05, 3.63) is 54.2 Å². The number of nitrogens with one attached hydrogen (secondary N) is 1. The number of benzene rings is 2. The second-order valence-electron chi connectivity index (χ2n) is 6.93. The lowest BCUT2D eigenvalue weighted by Crippen LogP contribution is -2.39. The van der Waals surface area contributed by atoms with Gasteiger partial charge in [-0.3, -0.25) is 24.6 Å². The van der Waals surface area contributed by atoms with Crippen LogP contribution in [0.4, 0.5) is 5.69 Å². The van der Waals surface area contributed by atoms with Gasteiger partial charge in [0, 0.05) is 18.2 Å². The number of phenolic OH excluding ortho intramolecular Hbond substituents is 4. The lowest BCUT2D eigenvalue weighted by Gasteiger charge is -2.24. The minimum Gasteiger partial charge on any atom is -0.504 e. The van der Waals surface area contributed by atoms with E-state index in [9.17, 15) is 34.8 Å². The molecule has 1 aliphatic heterocycles. The van der Waals surface area contributed by atoms with E-state index in [2.05, 4.69) is 18.5 Å². The number of hydrogen-bond donors (Lipinski definition) is 5. The quantitative estimate of drug-likeness (QED) is 0.200. The van der Waals surface area contributed by atoms with Gasteiger partial charge in [0.25, 0.3) is 5.91 Å². The van der Waals surface area contributed by atoms with Gasteiger partial charge >= 0.3 is 0 Å². The van der Waals surface area contributed by atoms with Crippen molar-refractivity contribution < 1.29 is 34.8 Å². The summed E-state index contributed by atoms with van der Waals surface area (Å²) < 4.78 is 0. The molecule has 1 atom stereocenters. The zero-order chi connectivity index (χ0) is 23.7. The highest BCUT2D eigenvalue weighted by molar-refractivity contribution is 6.34. The van der Waals surface area contributed by atoms with Gasteiger partial charge in [0.15, 0.2) is 23.0 Å². The SMILES string of the molecule is C=CC(=O)N(C=C)c1c(O)c(O)c(-c2cccc(C3CCC(=O)NC3=O)c2Cl)c(O)c1O. The summed E-state index contributed by atoms with van der Waals surface area (Å²) in [7, 11) is 0. The normalized spacial score (nSPS) is 15.7. The van der Waals surface area contributed by atoms with Crippen molar-refractivity contribution in [1.82, 2.24) is 5.32 Å². The first-order valence-electron chi connectivity index (χ1n) is 9.34. The Morgan fingerprint density at radius 2 is 1.72 bits per heavy atom. The number of nitrogens with zero attached hydrogens (tertiary/aromatic N) is 1. The topological polar surface area (TPSA) is 147 Å². The second-order valence-corrected chi connectivity index (χ2v) is 7.30. The van der Waals surface area contributed by atoms with Crippen LogP contribution in [0.2, 0.25) is 5.02 Å². The predicted octanol–water partition coefficient (Wildman–Crippen LogP) is 3.01. The average molecular weight is 459 g/mol. The van der Waals surface area contributed by atoms with Gasteiger partial charge in [-0.25, -0.2) is 0 Å². The number of phenols is 4. The van der Waals surface area contributed by atoms with E-state index in [0.29, 0.717) is 10.5 Å². The Labute approximate surface area is 187 Å². The average Bonchev–Trinajstić information content (AvgIpc) is 2.76. The molecule has 1 heterocycles. The summed E-state index contributed by atoms with van der Waals surface area (Å²) in [5.74, 6) is -6.09. The molecule has 3 amide bonds. The molecule has 10 heteroatoms. The molecule has 0 saturated carbocycles. The van der Waals surface area contributed by atoms with Crippen molar-refractivity contribution in [2.24, 2.45) is 0 Å². The lowest BCUT2D eigenvalue weighted by atomic mass is 9.88. The van der Waals surface area contributed by atoms with E-state index in [1.807, 2.05) is 0 Å². The number of rotatable bonds is 5. The number of amides is 3. The van der Waals surface area contributed by atoms with Crippen LogP contribution in [0.5, 0.6) is 23.0 Å². The van der Waals surface area contributed by atoms with Gasteiger partial charge in [-0.05, 0) is 18.1 Å². The number of piperidine rings is 1. The third-order valence-electron chi connectivity index (χ3n) is 5.12. The van der Waals surface area contributed by atoms with Crippen molar-refractivity contribution >= 4 is 35.0 Å². The Morgan fingerprint density at radius 3 is 2.25 bits per heavy atom. The zero-order valence-corrected chi connectivity index (χ0v) is 17.4. The standard InChI is InChI=1S/C22H19ClN2O7/c1-3-14(27)25(4-2)17-20(30)18(28)15(19(29)21(17)31)12-7-5-6-10(16(12)23)11-8-9-13(26)24-22(11)32/h3-7,11,28-31H,1-2,8-9H2,(H,24,26,32). The smallest absolute Gasteiger partial charge is 0.254 e. The van der Waals surface area contributed by atoms with Crippen LogP contribution in [0.1, 0.15) is 24.3 Å². The van der Waals surface area contributed by atoms with Gasteiger partial charge in [0.2, 0.25) is 11.8 Å². The Morgan fingerprint density at radius 1 is 1.09 bits per heavy atom. The lowest BCUT2D eigenvalue weighted by molar-refractivity contribution is -0.134. The van der Waals surface area contributed by atoms with Crippen molar-refractivity contribution in [3.8, 4) is 34.1 Å². The van der Waals surface area contributed by atoms with Crippen LogP contribution in [0.15, 0.2) is 43.6 Å². The van der Waals surface area contributed by atoms with Gasteiger partial charge in [-0.15, -0.1) is 0 Å².